The molecule has 3 atom stereocenters. The zero-order valence-electron chi connectivity index (χ0n) is 10.1. The van der Waals surface area contributed by atoms with Crippen LogP contribution in [0.2, 0.25) is 0 Å². The molecule has 0 aromatic carbocycles. The summed E-state index contributed by atoms with van der Waals surface area (Å²) in [7, 11) is 1.76. The summed E-state index contributed by atoms with van der Waals surface area (Å²) >= 11 is 0. The lowest BCUT2D eigenvalue weighted by Crippen LogP contribution is -2.46. The van der Waals surface area contributed by atoms with E-state index in [1.165, 1.54) is 12.8 Å². The van der Waals surface area contributed by atoms with Crippen LogP contribution in [0.25, 0.3) is 0 Å². The third-order valence-corrected chi connectivity index (χ3v) is 3.81. The molecule has 1 heterocycles. The number of methoxy groups -OCH3 is 1. The Hall–Kier alpha value is -0.800. The molecule has 0 bridgehead atoms. The summed E-state index contributed by atoms with van der Waals surface area (Å²) in [6.45, 7) is 2.27. The van der Waals surface area contributed by atoms with E-state index in [-0.39, 0.29) is 11.6 Å². The third-order valence-electron chi connectivity index (χ3n) is 3.81. The van der Waals surface area contributed by atoms with Crippen LogP contribution in [0.1, 0.15) is 44.4 Å². The van der Waals surface area contributed by atoms with Crippen LogP contribution in [-0.4, -0.2) is 12.7 Å². The summed E-state index contributed by atoms with van der Waals surface area (Å²) in [4.78, 5) is 0. The lowest BCUT2D eigenvalue weighted by atomic mass is 9.74. The van der Waals surface area contributed by atoms with Gasteiger partial charge in [0.05, 0.1) is 17.9 Å². The minimum Gasteiger partial charge on any atom is -0.468 e. The smallest absolute Gasteiger partial charge is 0.123 e. The first kappa shape index (κ1) is 11.7. The van der Waals surface area contributed by atoms with Crippen molar-refractivity contribution in [1.29, 1.82) is 0 Å². The van der Waals surface area contributed by atoms with Crippen molar-refractivity contribution in [3.8, 4) is 0 Å². The van der Waals surface area contributed by atoms with Crippen LogP contribution in [0.4, 0.5) is 0 Å². The number of nitrogens with two attached hydrogens (primary N) is 1. The van der Waals surface area contributed by atoms with Gasteiger partial charge in [-0.2, -0.15) is 0 Å². The largest absolute Gasteiger partial charge is 0.468 e. The lowest BCUT2D eigenvalue weighted by molar-refractivity contribution is -0.0757. The van der Waals surface area contributed by atoms with Gasteiger partial charge in [0.1, 0.15) is 5.76 Å². The first-order valence-corrected chi connectivity index (χ1v) is 6.02. The fraction of sp³-hybridized carbons (Fsp3) is 0.692. The molecular weight excluding hydrogens is 202 g/mol. The number of ether oxygens (including phenoxy) is 1. The van der Waals surface area contributed by atoms with Gasteiger partial charge >= 0.3 is 0 Å². The van der Waals surface area contributed by atoms with E-state index in [1.807, 2.05) is 12.1 Å². The van der Waals surface area contributed by atoms with E-state index in [0.717, 1.165) is 18.6 Å². The van der Waals surface area contributed by atoms with Gasteiger partial charge in [0.25, 0.3) is 0 Å². The van der Waals surface area contributed by atoms with Gasteiger partial charge < -0.3 is 14.9 Å². The maximum atomic E-state index is 6.30. The van der Waals surface area contributed by atoms with Gasteiger partial charge in [0.2, 0.25) is 0 Å². The Balaban J connectivity index is 2.20. The van der Waals surface area contributed by atoms with Crippen LogP contribution in [-0.2, 0) is 4.74 Å². The van der Waals surface area contributed by atoms with Gasteiger partial charge in [-0.25, -0.2) is 0 Å². The van der Waals surface area contributed by atoms with Crippen molar-refractivity contribution in [3.05, 3.63) is 24.2 Å². The highest BCUT2D eigenvalue weighted by Gasteiger charge is 2.42. The zero-order valence-corrected chi connectivity index (χ0v) is 10.1. The first-order valence-electron chi connectivity index (χ1n) is 6.02. The Labute approximate surface area is 97.0 Å². The number of hydrogen-bond donors (Lipinski definition) is 1. The minimum atomic E-state index is -0.241. The molecule has 1 aliphatic carbocycles. The minimum absolute atomic E-state index is 0.157. The maximum Gasteiger partial charge on any atom is 0.123 e. The second-order valence-corrected chi connectivity index (χ2v) is 4.96. The van der Waals surface area contributed by atoms with Crippen LogP contribution in [0.15, 0.2) is 22.8 Å². The molecule has 0 amide bonds. The highest BCUT2D eigenvalue weighted by molar-refractivity contribution is 5.11. The number of rotatable bonds is 3. The number of furan rings is 1. The third kappa shape index (κ3) is 2.02. The van der Waals surface area contributed by atoms with Gasteiger partial charge in [0, 0.05) is 7.11 Å². The molecule has 16 heavy (non-hydrogen) atoms. The molecule has 90 valence electrons. The highest BCUT2D eigenvalue weighted by Crippen LogP contribution is 2.42. The van der Waals surface area contributed by atoms with Gasteiger partial charge in [-0.15, -0.1) is 0 Å². The summed E-state index contributed by atoms with van der Waals surface area (Å²) in [6.07, 6.45) is 6.17. The summed E-state index contributed by atoms with van der Waals surface area (Å²) in [5.74, 6) is 1.51. The van der Waals surface area contributed by atoms with E-state index in [0.29, 0.717) is 5.92 Å². The van der Waals surface area contributed by atoms with E-state index in [4.69, 9.17) is 14.9 Å². The Bertz CT molecular complexity index is 323. The monoisotopic (exact) mass is 223 g/mol. The van der Waals surface area contributed by atoms with E-state index in [9.17, 15) is 0 Å². The predicted molar refractivity (Wildman–Crippen MR) is 63.0 cm³/mol. The quantitative estimate of drug-likeness (QED) is 0.857. The van der Waals surface area contributed by atoms with Crippen molar-refractivity contribution in [1.82, 2.24) is 0 Å². The summed E-state index contributed by atoms with van der Waals surface area (Å²) in [6, 6.07) is 3.66. The molecule has 0 spiro atoms. The van der Waals surface area contributed by atoms with Crippen molar-refractivity contribution in [2.45, 2.75) is 44.2 Å². The van der Waals surface area contributed by atoms with E-state index >= 15 is 0 Å². The molecule has 1 aliphatic rings. The molecule has 1 aromatic heterocycles. The van der Waals surface area contributed by atoms with E-state index in [2.05, 4.69) is 6.92 Å². The summed E-state index contributed by atoms with van der Waals surface area (Å²) < 4.78 is 11.2. The maximum absolute atomic E-state index is 6.30. The standard InChI is InChI=1S/C13H21NO2/c1-10-5-3-7-13(9-10,15-2)12(14)11-6-4-8-16-11/h4,6,8,10,12H,3,5,7,9,14H2,1-2H3. The molecule has 3 unspecified atom stereocenters. The fourth-order valence-electron chi connectivity index (χ4n) is 2.87. The van der Waals surface area contributed by atoms with Crippen LogP contribution in [0.3, 0.4) is 0 Å². The predicted octanol–water partition coefficient (Wildman–Crippen LogP) is 2.87. The topological polar surface area (TPSA) is 48.4 Å². The Morgan fingerprint density at radius 3 is 3.00 bits per heavy atom. The molecule has 1 aromatic rings. The van der Waals surface area contributed by atoms with Crippen molar-refractivity contribution in [2.24, 2.45) is 11.7 Å². The molecule has 3 nitrogen and oxygen atoms in total. The Morgan fingerprint density at radius 1 is 1.62 bits per heavy atom. The van der Waals surface area contributed by atoms with Gasteiger partial charge in [-0.05, 0) is 30.9 Å². The van der Waals surface area contributed by atoms with E-state index < -0.39 is 0 Å². The van der Waals surface area contributed by atoms with E-state index in [1.54, 1.807) is 13.4 Å². The van der Waals surface area contributed by atoms with Gasteiger partial charge in [-0.3, -0.25) is 0 Å². The molecule has 2 N–H and O–H groups in total. The van der Waals surface area contributed by atoms with Crippen LogP contribution < -0.4 is 5.73 Å². The van der Waals surface area contributed by atoms with Gasteiger partial charge in [-0.1, -0.05) is 19.8 Å². The molecule has 2 rings (SSSR count). The normalized spacial score (nSPS) is 32.6. The first-order chi connectivity index (χ1) is 7.68. The van der Waals surface area contributed by atoms with Gasteiger partial charge in [0.15, 0.2) is 0 Å². The van der Waals surface area contributed by atoms with Crippen LogP contribution >= 0.6 is 0 Å². The average molecular weight is 223 g/mol. The lowest BCUT2D eigenvalue weighted by Gasteiger charge is -2.42. The van der Waals surface area contributed by atoms with Crippen molar-refractivity contribution >= 4 is 0 Å². The second kappa shape index (κ2) is 4.60. The molecular formula is C13H21NO2. The second-order valence-electron chi connectivity index (χ2n) is 4.96. The van der Waals surface area contributed by atoms with Crippen molar-refractivity contribution in [3.63, 3.8) is 0 Å². The highest BCUT2D eigenvalue weighted by atomic mass is 16.5. The molecule has 1 saturated carbocycles. The van der Waals surface area contributed by atoms with Crippen LogP contribution in [0.5, 0.6) is 0 Å². The molecule has 3 heteroatoms. The van der Waals surface area contributed by atoms with Crippen molar-refractivity contribution < 1.29 is 9.15 Å². The summed E-state index contributed by atoms with van der Waals surface area (Å²) in [5.41, 5.74) is 6.06. The average Bonchev–Trinajstić information content (AvgIpc) is 2.81. The van der Waals surface area contributed by atoms with Crippen LogP contribution in [0, 0.1) is 5.92 Å². The Morgan fingerprint density at radius 2 is 2.44 bits per heavy atom. The SMILES string of the molecule is COC1(C(N)c2ccco2)CCCC(C)C1. The molecule has 0 saturated heterocycles. The fourth-order valence-corrected chi connectivity index (χ4v) is 2.87. The molecule has 0 radical (unpaired) electrons. The molecule has 0 aliphatic heterocycles. The zero-order chi connectivity index (χ0) is 11.6. The number of hydrogen-bond acceptors (Lipinski definition) is 3. The molecule has 1 fully saturated rings. The Kier molecular flexibility index (Phi) is 3.36. The summed E-state index contributed by atoms with van der Waals surface area (Å²) in [5, 5.41) is 0. The van der Waals surface area contributed by atoms with Crippen molar-refractivity contribution in [2.75, 3.05) is 7.11 Å².